The Morgan fingerprint density at radius 2 is 1.83 bits per heavy atom. The van der Waals surface area contributed by atoms with Gasteiger partial charge in [0.15, 0.2) is 0 Å². The van der Waals surface area contributed by atoms with Gasteiger partial charge in [-0.15, -0.1) is 0 Å². The van der Waals surface area contributed by atoms with Crippen LogP contribution in [0, 0.1) is 10.1 Å². The van der Waals surface area contributed by atoms with Crippen molar-refractivity contribution in [3.63, 3.8) is 0 Å². The van der Waals surface area contributed by atoms with Crippen LogP contribution in [0.5, 0.6) is 0 Å². The Labute approximate surface area is 163 Å². The van der Waals surface area contributed by atoms with E-state index in [0.717, 1.165) is 25.2 Å². The van der Waals surface area contributed by atoms with Gasteiger partial charge in [-0.2, -0.15) is 13.2 Å². The summed E-state index contributed by atoms with van der Waals surface area (Å²) in [5.74, 6) is 0.238. The van der Waals surface area contributed by atoms with E-state index in [0.29, 0.717) is 29.8 Å². The van der Waals surface area contributed by atoms with Crippen LogP contribution in [0.25, 0.3) is 22.4 Å². The zero-order valence-corrected chi connectivity index (χ0v) is 15.5. The third-order valence-electron chi connectivity index (χ3n) is 5.06. The maximum atomic E-state index is 13.5. The van der Waals surface area contributed by atoms with Gasteiger partial charge in [0.05, 0.1) is 21.5 Å². The van der Waals surface area contributed by atoms with E-state index in [4.69, 9.17) is 0 Å². The first-order chi connectivity index (χ1) is 13.7. The normalized spacial score (nSPS) is 15.8. The summed E-state index contributed by atoms with van der Waals surface area (Å²) in [4.78, 5) is 21.7. The third-order valence-corrected chi connectivity index (χ3v) is 5.06. The lowest BCUT2D eigenvalue weighted by molar-refractivity contribution is -0.384. The van der Waals surface area contributed by atoms with Gasteiger partial charge in [0, 0.05) is 49.6 Å². The van der Waals surface area contributed by atoms with E-state index in [1.807, 2.05) is 11.9 Å². The van der Waals surface area contributed by atoms with E-state index in [2.05, 4.69) is 14.9 Å². The lowest BCUT2D eigenvalue weighted by Crippen LogP contribution is -2.44. The standard InChI is InChI=1S/C19H18F3N5O2/c1-25-4-6-26(7-5-25)15-9-12(8-13(10-15)19(20,21)22)18-23-16-3-2-14(27(28)29)11-17(16)24-18/h2-3,8-11H,4-7H2,1H3,(H,23,24). The first kappa shape index (κ1) is 19.2. The molecule has 1 aromatic heterocycles. The van der Waals surface area contributed by atoms with Crippen molar-refractivity contribution in [1.29, 1.82) is 0 Å². The van der Waals surface area contributed by atoms with Gasteiger partial charge in [0.25, 0.3) is 5.69 Å². The van der Waals surface area contributed by atoms with Gasteiger partial charge in [-0.05, 0) is 31.3 Å². The SMILES string of the molecule is CN1CCN(c2cc(-c3nc4cc([N+](=O)[O-])ccc4[nH]3)cc(C(F)(F)F)c2)CC1. The highest BCUT2D eigenvalue weighted by atomic mass is 19.4. The number of benzene rings is 2. The summed E-state index contributed by atoms with van der Waals surface area (Å²) in [5.41, 5.74) is 0.729. The molecule has 29 heavy (non-hydrogen) atoms. The molecule has 0 aliphatic carbocycles. The number of halogens is 3. The van der Waals surface area contributed by atoms with Gasteiger partial charge in [-0.1, -0.05) is 0 Å². The van der Waals surface area contributed by atoms with E-state index in [1.54, 1.807) is 6.07 Å². The van der Waals surface area contributed by atoms with E-state index in [1.165, 1.54) is 18.2 Å². The lowest BCUT2D eigenvalue weighted by Gasteiger charge is -2.34. The molecule has 0 saturated carbocycles. The molecule has 0 atom stereocenters. The molecule has 1 fully saturated rings. The number of piperazine rings is 1. The van der Waals surface area contributed by atoms with Gasteiger partial charge in [-0.3, -0.25) is 10.1 Å². The van der Waals surface area contributed by atoms with Crippen molar-refractivity contribution in [3.05, 3.63) is 52.1 Å². The number of imidazole rings is 1. The highest BCUT2D eigenvalue weighted by Gasteiger charge is 2.32. The van der Waals surface area contributed by atoms with Gasteiger partial charge in [0.1, 0.15) is 5.82 Å². The fraction of sp³-hybridized carbons (Fsp3) is 0.316. The fourth-order valence-corrected chi connectivity index (χ4v) is 3.40. The average Bonchev–Trinajstić information content (AvgIpc) is 3.11. The summed E-state index contributed by atoms with van der Waals surface area (Å²) in [7, 11) is 1.97. The molecule has 0 unspecified atom stereocenters. The second-order valence-corrected chi connectivity index (χ2v) is 7.10. The molecule has 3 aromatic rings. The highest BCUT2D eigenvalue weighted by Crippen LogP contribution is 2.36. The van der Waals surface area contributed by atoms with Gasteiger partial charge >= 0.3 is 6.18 Å². The van der Waals surface area contributed by atoms with Crippen molar-refractivity contribution in [3.8, 4) is 11.4 Å². The number of H-pyrrole nitrogens is 1. The van der Waals surface area contributed by atoms with Crippen molar-refractivity contribution in [2.75, 3.05) is 38.1 Å². The quantitative estimate of drug-likeness (QED) is 0.528. The topological polar surface area (TPSA) is 78.3 Å². The first-order valence-electron chi connectivity index (χ1n) is 9.01. The molecule has 10 heteroatoms. The number of nitro groups is 1. The lowest BCUT2D eigenvalue weighted by atomic mass is 10.1. The number of aromatic nitrogens is 2. The number of non-ortho nitro benzene ring substituents is 1. The van der Waals surface area contributed by atoms with Crippen LogP contribution in [0.15, 0.2) is 36.4 Å². The minimum atomic E-state index is -4.50. The number of hydrogen-bond acceptors (Lipinski definition) is 5. The van der Waals surface area contributed by atoms with Crippen LogP contribution < -0.4 is 4.90 Å². The minimum absolute atomic E-state index is 0.127. The summed E-state index contributed by atoms with van der Waals surface area (Å²) < 4.78 is 40.5. The summed E-state index contributed by atoms with van der Waals surface area (Å²) in [6.07, 6.45) is -4.50. The van der Waals surface area contributed by atoms with Crippen LogP contribution in [0.1, 0.15) is 5.56 Å². The molecular weight excluding hydrogens is 387 g/mol. The van der Waals surface area contributed by atoms with Crippen molar-refractivity contribution in [1.82, 2.24) is 14.9 Å². The molecule has 1 N–H and O–H groups in total. The second kappa shape index (κ2) is 7.03. The molecule has 1 aliphatic rings. The highest BCUT2D eigenvalue weighted by molar-refractivity contribution is 5.82. The Bertz CT molecular complexity index is 1070. The van der Waals surface area contributed by atoms with E-state index in [9.17, 15) is 23.3 Å². The Hall–Kier alpha value is -3.14. The molecule has 0 radical (unpaired) electrons. The number of anilines is 1. The Morgan fingerprint density at radius 3 is 2.48 bits per heavy atom. The van der Waals surface area contributed by atoms with Crippen LogP contribution in [-0.4, -0.2) is 53.0 Å². The Balaban J connectivity index is 1.79. The van der Waals surface area contributed by atoms with Crippen molar-refractivity contribution >= 4 is 22.4 Å². The Kier molecular flexibility index (Phi) is 4.65. The number of fused-ring (bicyclic) bond motifs is 1. The first-order valence-corrected chi connectivity index (χ1v) is 9.01. The molecule has 0 bridgehead atoms. The third kappa shape index (κ3) is 3.88. The van der Waals surface area contributed by atoms with Crippen LogP contribution in [0.3, 0.4) is 0 Å². The van der Waals surface area contributed by atoms with Gasteiger partial charge in [-0.25, -0.2) is 4.98 Å². The smallest absolute Gasteiger partial charge is 0.369 e. The van der Waals surface area contributed by atoms with Crippen LogP contribution in [0.4, 0.5) is 24.5 Å². The molecule has 2 heterocycles. The maximum Gasteiger partial charge on any atom is 0.416 e. The number of aromatic amines is 1. The summed E-state index contributed by atoms with van der Waals surface area (Å²) >= 11 is 0. The van der Waals surface area contributed by atoms with Crippen LogP contribution >= 0.6 is 0 Å². The van der Waals surface area contributed by atoms with Crippen molar-refractivity contribution in [2.24, 2.45) is 0 Å². The molecule has 4 rings (SSSR count). The monoisotopic (exact) mass is 405 g/mol. The fourth-order valence-electron chi connectivity index (χ4n) is 3.40. The number of likely N-dealkylation sites (N-methyl/N-ethyl adjacent to an activating group) is 1. The zero-order valence-electron chi connectivity index (χ0n) is 15.5. The van der Waals surface area contributed by atoms with Crippen LogP contribution in [0.2, 0.25) is 0 Å². The molecule has 0 amide bonds. The molecule has 0 spiro atoms. The molecule has 1 aliphatic heterocycles. The second-order valence-electron chi connectivity index (χ2n) is 7.10. The predicted molar refractivity (Wildman–Crippen MR) is 103 cm³/mol. The largest absolute Gasteiger partial charge is 0.416 e. The predicted octanol–water partition coefficient (Wildman–Crippen LogP) is 3.91. The summed E-state index contributed by atoms with van der Waals surface area (Å²) in [6, 6.07) is 8.00. The number of rotatable bonds is 3. The van der Waals surface area contributed by atoms with Gasteiger partial charge in [0.2, 0.25) is 0 Å². The minimum Gasteiger partial charge on any atom is -0.369 e. The van der Waals surface area contributed by atoms with Crippen LogP contribution in [-0.2, 0) is 6.18 Å². The number of alkyl halides is 3. The van der Waals surface area contributed by atoms with Gasteiger partial charge < -0.3 is 14.8 Å². The Morgan fingerprint density at radius 1 is 1.10 bits per heavy atom. The van der Waals surface area contributed by atoms with Crippen molar-refractivity contribution in [2.45, 2.75) is 6.18 Å². The molecule has 2 aromatic carbocycles. The molecular formula is C19H18F3N5O2. The van der Waals surface area contributed by atoms with Crippen molar-refractivity contribution < 1.29 is 18.1 Å². The summed E-state index contributed by atoms with van der Waals surface area (Å²) in [5, 5.41) is 11.0. The molecule has 7 nitrogen and oxygen atoms in total. The number of nitrogens with one attached hydrogen (secondary N) is 1. The number of hydrogen-bond donors (Lipinski definition) is 1. The number of nitrogens with zero attached hydrogens (tertiary/aromatic N) is 4. The maximum absolute atomic E-state index is 13.5. The molecule has 1 saturated heterocycles. The zero-order chi connectivity index (χ0) is 20.8. The van der Waals surface area contributed by atoms with E-state index < -0.39 is 16.7 Å². The number of nitro benzene ring substituents is 1. The van der Waals surface area contributed by atoms with E-state index >= 15 is 0 Å². The molecule has 152 valence electrons. The van der Waals surface area contributed by atoms with E-state index in [-0.39, 0.29) is 17.1 Å². The average molecular weight is 405 g/mol. The summed E-state index contributed by atoms with van der Waals surface area (Å²) in [6.45, 7) is 2.78.